The Morgan fingerprint density at radius 3 is 2.42 bits per heavy atom. The number of rotatable bonds is 5. The SMILES string of the molecule is C=C1C[C@@H]([C@H](OC)[C@@H](C)C(=O)N2C(=O)O[C@@H](c3ccccc3)[C@H]2C)N(C(=O)OC(C)(C)C)C1. The van der Waals surface area contributed by atoms with E-state index in [4.69, 9.17) is 14.2 Å². The number of carbonyl (C=O) groups excluding carboxylic acids is 3. The van der Waals surface area contributed by atoms with Gasteiger partial charge in [-0.2, -0.15) is 0 Å². The van der Waals surface area contributed by atoms with Crippen LogP contribution in [0.1, 0.15) is 52.7 Å². The number of carbonyl (C=O) groups is 3. The number of likely N-dealkylation sites (tertiary alicyclic amines) is 1. The van der Waals surface area contributed by atoms with Crippen molar-refractivity contribution in [2.24, 2.45) is 5.92 Å². The molecule has 3 amide bonds. The Balaban J connectivity index is 1.79. The van der Waals surface area contributed by atoms with Crippen molar-refractivity contribution in [3.8, 4) is 0 Å². The lowest BCUT2D eigenvalue weighted by molar-refractivity contribution is -0.139. The molecule has 0 spiro atoms. The lowest BCUT2D eigenvalue weighted by Crippen LogP contribution is -2.52. The predicted molar refractivity (Wildman–Crippen MR) is 122 cm³/mol. The summed E-state index contributed by atoms with van der Waals surface area (Å²) >= 11 is 0. The van der Waals surface area contributed by atoms with Gasteiger partial charge in [0.25, 0.3) is 0 Å². The molecule has 2 fully saturated rings. The molecule has 2 aliphatic rings. The topological polar surface area (TPSA) is 85.4 Å². The second kappa shape index (κ2) is 9.55. The number of amides is 3. The van der Waals surface area contributed by atoms with E-state index in [1.54, 1.807) is 39.5 Å². The summed E-state index contributed by atoms with van der Waals surface area (Å²) in [5.74, 6) is -1.11. The molecule has 0 aliphatic carbocycles. The first-order valence-electron chi connectivity index (χ1n) is 11.2. The van der Waals surface area contributed by atoms with Crippen LogP contribution >= 0.6 is 0 Å². The second-order valence-corrected chi connectivity index (χ2v) is 9.78. The molecule has 1 aromatic carbocycles. The maximum atomic E-state index is 13.5. The summed E-state index contributed by atoms with van der Waals surface area (Å²) in [5, 5.41) is 0. The predicted octanol–water partition coefficient (Wildman–Crippen LogP) is 4.31. The molecule has 2 aliphatic heterocycles. The van der Waals surface area contributed by atoms with E-state index in [0.29, 0.717) is 13.0 Å². The van der Waals surface area contributed by atoms with Gasteiger partial charge in [-0.25, -0.2) is 14.5 Å². The zero-order valence-electron chi connectivity index (χ0n) is 20.2. The largest absolute Gasteiger partial charge is 0.444 e. The van der Waals surface area contributed by atoms with Gasteiger partial charge in [-0.1, -0.05) is 49.4 Å². The maximum absolute atomic E-state index is 13.5. The lowest BCUT2D eigenvalue weighted by Gasteiger charge is -2.35. The lowest BCUT2D eigenvalue weighted by atomic mass is 9.93. The smallest absolute Gasteiger partial charge is 0.417 e. The maximum Gasteiger partial charge on any atom is 0.417 e. The van der Waals surface area contributed by atoms with Gasteiger partial charge in [-0.3, -0.25) is 9.69 Å². The third-order valence-corrected chi connectivity index (χ3v) is 6.09. The average Bonchev–Trinajstić information content (AvgIpc) is 3.26. The molecule has 180 valence electrons. The van der Waals surface area contributed by atoms with Crippen LogP contribution in [-0.4, -0.2) is 65.3 Å². The molecule has 0 radical (unpaired) electrons. The third-order valence-electron chi connectivity index (χ3n) is 6.09. The van der Waals surface area contributed by atoms with E-state index in [1.807, 2.05) is 30.3 Å². The summed E-state index contributed by atoms with van der Waals surface area (Å²) in [5.41, 5.74) is 1.02. The fourth-order valence-corrected chi connectivity index (χ4v) is 4.54. The molecule has 8 heteroatoms. The zero-order chi connectivity index (χ0) is 24.5. The summed E-state index contributed by atoms with van der Waals surface area (Å²) in [6, 6.07) is 8.43. The standard InChI is InChI=1S/C25H34N2O6/c1-15-13-19(26(14-15)23(29)33-25(4,5)6)20(31-7)16(2)22(28)27-17(3)21(32-24(27)30)18-11-9-8-10-12-18/h8-12,16-17,19-21H,1,13-14H2,2-7H3/t16-,17-,19+,20-,21-/m1/s1. The average molecular weight is 459 g/mol. The number of benzene rings is 1. The summed E-state index contributed by atoms with van der Waals surface area (Å²) < 4.78 is 16.8. The highest BCUT2D eigenvalue weighted by molar-refractivity contribution is 5.95. The number of imide groups is 1. The number of methoxy groups -OCH3 is 1. The van der Waals surface area contributed by atoms with Gasteiger partial charge in [-0.05, 0) is 39.7 Å². The first kappa shape index (κ1) is 24.8. The highest BCUT2D eigenvalue weighted by Crippen LogP contribution is 2.35. The van der Waals surface area contributed by atoms with E-state index in [9.17, 15) is 14.4 Å². The molecule has 3 rings (SSSR count). The van der Waals surface area contributed by atoms with Gasteiger partial charge in [0.15, 0.2) is 0 Å². The molecule has 0 saturated carbocycles. The van der Waals surface area contributed by atoms with Crippen LogP contribution in [0.4, 0.5) is 9.59 Å². The Bertz CT molecular complexity index is 909. The minimum Gasteiger partial charge on any atom is -0.444 e. The molecular formula is C25H34N2O6. The van der Waals surface area contributed by atoms with Crippen LogP contribution in [0, 0.1) is 5.92 Å². The molecule has 0 bridgehead atoms. The summed E-state index contributed by atoms with van der Waals surface area (Å²) in [6.45, 7) is 13.3. The number of hydrogen-bond donors (Lipinski definition) is 0. The summed E-state index contributed by atoms with van der Waals surface area (Å²) in [4.78, 5) is 41.7. The molecule has 33 heavy (non-hydrogen) atoms. The van der Waals surface area contributed by atoms with Gasteiger partial charge < -0.3 is 14.2 Å². The van der Waals surface area contributed by atoms with Crippen LogP contribution in [0.2, 0.25) is 0 Å². The molecule has 0 unspecified atom stereocenters. The molecule has 2 heterocycles. The Kier molecular flexibility index (Phi) is 7.17. The molecule has 8 nitrogen and oxygen atoms in total. The molecular weight excluding hydrogens is 424 g/mol. The van der Waals surface area contributed by atoms with Crippen molar-refractivity contribution < 1.29 is 28.6 Å². The number of cyclic esters (lactones) is 1. The van der Waals surface area contributed by atoms with E-state index in [1.165, 1.54) is 7.11 Å². The first-order valence-corrected chi connectivity index (χ1v) is 11.2. The van der Waals surface area contributed by atoms with E-state index >= 15 is 0 Å². The molecule has 0 N–H and O–H groups in total. The van der Waals surface area contributed by atoms with Crippen molar-refractivity contribution in [2.75, 3.05) is 13.7 Å². The fraction of sp³-hybridized carbons (Fsp3) is 0.560. The Morgan fingerprint density at radius 1 is 1.21 bits per heavy atom. The Morgan fingerprint density at radius 2 is 1.85 bits per heavy atom. The van der Waals surface area contributed by atoms with E-state index in [2.05, 4.69) is 6.58 Å². The van der Waals surface area contributed by atoms with Crippen molar-refractivity contribution in [1.82, 2.24) is 9.80 Å². The summed E-state index contributed by atoms with van der Waals surface area (Å²) in [6.07, 6.45) is -1.86. The van der Waals surface area contributed by atoms with Gasteiger partial charge in [-0.15, -0.1) is 0 Å². The molecule has 1 aromatic rings. The highest BCUT2D eigenvalue weighted by Gasteiger charge is 2.48. The number of ether oxygens (including phenoxy) is 3. The monoisotopic (exact) mass is 458 g/mol. The molecule has 5 atom stereocenters. The van der Waals surface area contributed by atoms with Crippen molar-refractivity contribution in [2.45, 2.75) is 70.9 Å². The van der Waals surface area contributed by atoms with Crippen LogP contribution in [0.15, 0.2) is 42.5 Å². The summed E-state index contributed by atoms with van der Waals surface area (Å²) in [7, 11) is 1.50. The molecule has 2 saturated heterocycles. The van der Waals surface area contributed by atoms with Gasteiger partial charge in [0.1, 0.15) is 11.7 Å². The van der Waals surface area contributed by atoms with Crippen LogP contribution < -0.4 is 0 Å². The van der Waals surface area contributed by atoms with Crippen molar-refractivity contribution in [1.29, 1.82) is 0 Å². The zero-order valence-corrected chi connectivity index (χ0v) is 20.2. The first-order chi connectivity index (χ1) is 15.4. The Hall–Kier alpha value is -2.87. The number of nitrogens with zero attached hydrogens (tertiary/aromatic N) is 2. The van der Waals surface area contributed by atoms with Crippen LogP contribution in [0.3, 0.4) is 0 Å². The van der Waals surface area contributed by atoms with Gasteiger partial charge >= 0.3 is 12.2 Å². The van der Waals surface area contributed by atoms with Gasteiger partial charge in [0.2, 0.25) is 5.91 Å². The van der Waals surface area contributed by atoms with Crippen LogP contribution in [0.5, 0.6) is 0 Å². The Labute approximate surface area is 195 Å². The fourth-order valence-electron chi connectivity index (χ4n) is 4.54. The minimum absolute atomic E-state index is 0.332. The minimum atomic E-state index is -0.708. The second-order valence-electron chi connectivity index (χ2n) is 9.78. The van der Waals surface area contributed by atoms with E-state index in [-0.39, 0.29) is 0 Å². The van der Waals surface area contributed by atoms with E-state index < -0.39 is 53.9 Å². The van der Waals surface area contributed by atoms with Crippen molar-refractivity contribution in [3.63, 3.8) is 0 Å². The quantitative estimate of drug-likeness (QED) is 0.611. The third kappa shape index (κ3) is 5.21. The van der Waals surface area contributed by atoms with Crippen LogP contribution in [-0.2, 0) is 19.0 Å². The van der Waals surface area contributed by atoms with Crippen LogP contribution in [0.25, 0.3) is 0 Å². The van der Waals surface area contributed by atoms with E-state index in [0.717, 1.165) is 16.0 Å². The van der Waals surface area contributed by atoms with Crippen molar-refractivity contribution in [3.05, 3.63) is 48.0 Å². The van der Waals surface area contributed by atoms with Crippen molar-refractivity contribution >= 4 is 18.1 Å². The molecule has 0 aromatic heterocycles. The number of hydrogen-bond acceptors (Lipinski definition) is 6. The van der Waals surface area contributed by atoms with Gasteiger partial charge in [0.05, 0.1) is 24.1 Å². The highest BCUT2D eigenvalue weighted by atomic mass is 16.6. The van der Waals surface area contributed by atoms with Gasteiger partial charge in [0, 0.05) is 13.7 Å². The normalized spacial score (nSPS) is 25.1.